The first-order valence-corrected chi connectivity index (χ1v) is 11.2. The fourth-order valence-corrected chi connectivity index (χ4v) is 3.20. The van der Waals surface area contributed by atoms with Crippen LogP contribution in [0.25, 0.3) is 11.6 Å². The van der Waals surface area contributed by atoms with Crippen LogP contribution >= 0.6 is 0 Å². The van der Waals surface area contributed by atoms with Crippen LogP contribution in [-0.2, 0) is 6.54 Å². The number of rotatable bonds is 9. The van der Waals surface area contributed by atoms with E-state index >= 15 is 0 Å². The SMILES string of the molecule is C(=C\c1cccnc1)/CNCC1CCC1.C=C/C(=C\C=C/C)c1ncc(N)c(=O)n1CC. The van der Waals surface area contributed by atoms with E-state index in [9.17, 15) is 4.79 Å². The molecule has 0 unspecified atom stereocenters. The van der Waals surface area contributed by atoms with Gasteiger partial charge >= 0.3 is 0 Å². The summed E-state index contributed by atoms with van der Waals surface area (Å²) < 4.78 is 1.53. The van der Waals surface area contributed by atoms with Gasteiger partial charge in [0.15, 0.2) is 0 Å². The molecule has 0 aromatic carbocycles. The molecular weight excluding hydrogens is 398 g/mol. The minimum absolute atomic E-state index is 0.157. The molecule has 32 heavy (non-hydrogen) atoms. The average Bonchev–Trinajstić information content (AvgIpc) is 2.79. The van der Waals surface area contributed by atoms with Gasteiger partial charge in [-0.1, -0.05) is 55.5 Å². The second-order valence-corrected chi connectivity index (χ2v) is 7.58. The van der Waals surface area contributed by atoms with Gasteiger partial charge in [-0.05, 0) is 50.8 Å². The second kappa shape index (κ2) is 13.9. The third-order valence-electron chi connectivity index (χ3n) is 5.25. The topological polar surface area (TPSA) is 85.8 Å². The molecule has 1 saturated carbocycles. The smallest absolute Gasteiger partial charge is 0.276 e. The highest BCUT2D eigenvalue weighted by molar-refractivity contribution is 5.70. The average molecular weight is 434 g/mol. The molecule has 3 rings (SSSR count). The van der Waals surface area contributed by atoms with E-state index in [1.54, 1.807) is 12.3 Å². The summed E-state index contributed by atoms with van der Waals surface area (Å²) in [6.07, 6.45) is 20.9. The summed E-state index contributed by atoms with van der Waals surface area (Å²) in [6.45, 7) is 10.2. The molecule has 0 spiro atoms. The summed E-state index contributed by atoms with van der Waals surface area (Å²) in [7, 11) is 0. The van der Waals surface area contributed by atoms with E-state index < -0.39 is 0 Å². The number of nitrogens with two attached hydrogens (primary N) is 1. The van der Waals surface area contributed by atoms with Crippen LogP contribution in [0.3, 0.4) is 0 Å². The zero-order chi connectivity index (χ0) is 23.2. The Labute approximate surface area is 191 Å². The molecule has 170 valence electrons. The molecule has 2 heterocycles. The minimum Gasteiger partial charge on any atom is -0.393 e. The highest BCUT2D eigenvalue weighted by atomic mass is 16.1. The fourth-order valence-electron chi connectivity index (χ4n) is 3.20. The summed E-state index contributed by atoms with van der Waals surface area (Å²) in [4.78, 5) is 20.1. The van der Waals surface area contributed by atoms with Crippen molar-refractivity contribution in [1.29, 1.82) is 0 Å². The van der Waals surface area contributed by atoms with Crippen LogP contribution in [0.4, 0.5) is 5.69 Å². The Balaban J connectivity index is 0.000000228. The third kappa shape index (κ3) is 7.78. The van der Waals surface area contributed by atoms with E-state index in [0.717, 1.165) is 18.0 Å². The van der Waals surface area contributed by atoms with Crippen molar-refractivity contribution in [2.24, 2.45) is 5.92 Å². The third-order valence-corrected chi connectivity index (χ3v) is 5.25. The largest absolute Gasteiger partial charge is 0.393 e. The lowest BCUT2D eigenvalue weighted by molar-refractivity contribution is 0.306. The first-order chi connectivity index (χ1) is 15.6. The number of nitrogen functional groups attached to an aromatic ring is 1. The van der Waals surface area contributed by atoms with Gasteiger partial charge in [0.1, 0.15) is 11.5 Å². The van der Waals surface area contributed by atoms with Crippen LogP contribution in [-0.4, -0.2) is 27.6 Å². The van der Waals surface area contributed by atoms with Gasteiger partial charge in [-0.15, -0.1) is 0 Å². The Kier molecular flexibility index (Phi) is 10.9. The molecule has 1 aliphatic rings. The molecule has 0 radical (unpaired) electrons. The molecule has 6 nitrogen and oxygen atoms in total. The lowest BCUT2D eigenvalue weighted by atomic mass is 9.85. The number of anilines is 1. The molecule has 3 N–H and O–H groups in total. The van der Waals surface area contributed by atoms with E-state index in [2.05, 4.69) is 40.1 Å². The highest BCUT2D eigenvalue weighted by Crippen LogP contribution is 2.24. The number of aromatic nitrogens is 3. The maximum absolute atomic E-state index is 11.8. The molecule has 1 fully saturated rings. The van der Waals surface area contributed by atoms with Crippen molar-refractivity contribution in [2.45, 2.75) is 39.7 Å². The maximum Gasteiger partial charge on any atom is 0.276 e. The molecule has 1 aliphatic carbocycles. The van der Waals surface area contributed by atoms with Gasteiger partial charge in [0, 0.05) is 31.1 Å². The summed E-state index contributed by atoms with van der Waals surface area (Å²) in [5, 5.41) is 3.45. The summed E-state index contributed by atoms with van der Waals surface area (Å²) >= 11 is 0. The van der Waals surface area contributed by atoms with Crippen LogP contribution < -0.4 is 16.6 Å². The predicted octanol–water partition coefficient (Wildman–Crippen LogP) is 4.48. The number of allylic oxidation sites excluding steroid dienone is 5. The van der Waals surface area contributed by atoms with Crippen molar-refractivity contribution in [3.63, 3.8) is 0 Å². The van der Waals surface area contributed by atoms with Crippen LogP contribution in [0, 0.1) is 5.92 Å². The Morgan fingerprint density at radius 2 is 2.19 bits per heavy atom. The monoisotopic (exact) mass is 433 g/mol. The Hall–Kier alpha value is -3.25. The standard InChI is InChI=1S/C13H17N3O.C13H18N2/c1-4-7-8-10(5-2)12-15-9-11(14)13(17)16(12)6-3;1-4-12(5-1)10-14-8-2-6-13-7-3-9-15-11-13/h4-5,7-9H,2,6,14H2,1,3H3;2-3,6-7,9,11-12,14H,1,4-5,8,10H2/b7-4-,10-8+;6-2+. The van der Waals surface area contributed by atoms with E-state index in [1.807, 2.05) is 44.3 Å². The van der Waals surface area contributed by atoms with Crippen LogP contribution in [0.5, 0.6) is 0 Å². The van der Waals surface area contributed by atoms with E-state index in [1.165, 1.54) is 42.1 Å². The van der Waals surface area contributed by atoms with Crippen molar-refractivity contribution in [2.75, 3.05) is 18.8 Å². The van der Waals surface area contributed by atoms with Crippen molar-refractivity contribution in [3.05, 3.63) is 89.4 Å². The molecule has 0 amide bonds. The van der Waals surface area contributed by atoms with Gasteiger partial charge in [-0.3, -0.25) is 14.3 Å². The first-order valence-electron chi connectivity index (χ1n) is 11.2. The quantitative estimate of drug-likeness (QED) is 0.450. The molecular formula is C26H35N5O. The van der Waals surface area contributed by atoms with Crippen molar-refractivity contribution in [3.8, 4) is 0 Å². The molecule has 0 atom stereocenters. The zero-order valence-corrected chi connectivity index (χ0v) is 19.2. The van der Waals surface area contributed by atoms with Crippen LogP contribution in [0.15, 0.2) is 72.5 Å². The minimum atomic E-state index is -0.217. The number of hydrogen-bond acceptors (Lipinski definition) is 5. The Morgan fingerprint density at radius 3 is 2.78 bits per heavy atom. The van der Waals surface area contributed by atoms with Crippen molar-refractivity contribution >= 4 is 17.3 Å². The lowest BCUT2D eigenvalue weighted by Crippen LogP contribution is -2.27. The van der Waals surface area contributed by atoms with E-state index in [0.29, 0.717) is 12.4 Å². The van der Waals surface area contributed by atoms with E-state index in [4.69, 9.17) is 5.73 Å². The summed E-state index contributed by atoms with van der Waals surface area (Å²) in [5.74, 6) is 1.52. The number of pyridine rings is 1. The van der Waals surface area contributed by atoms with Crippen LogP contribution in [0.1, 0.15) is 44.5 Å². The predicted molar refractivity (Wildman–Crippen MR) is 135 cm³/mol. The number of hydrogen-bond donors (Lipinski definition) is 2. The molecule has 0 saturated heterocycles. The second-order valence-electron chi connectivity index (χ2n) is 7.58. The zero-order valence-electron chi connectivity index (χ0n) is 19.2. The van der Waals surface area contributed by atoms with Crippen molar-refractivity contribution < 1.29 is 0 Å². The highest BCUT2D eigenvalue weighted by Gasteiger charge is 2.15. The summed E-state index contributed by atoms with van der Waals surface area (Å²) in [5.41, 5.74) is 7.46. The fraction of sp³-hybridized carbons (Fsp3) is 0.346. The van der Waals surface area contributed by atoms with Crippen LogP contribution in [0.2, 0.25) is 0 Å². The van der Waals surface area contributed by atoms with Gasteiger partial charge in [-0.2, -0.15) is 0 Å². The van der Waals surface area contributed by atoms with Crippen molar-refractivity contribution in [1.82, 2.24) is 19.9 Å². The van der Waals surface area contributed by atoms with Gasteiger partial charge in [-0.25, -0.2) is 4.98 Å². The summed E-state index contributed by atoms with van der Waals surface area (Å²) in [6, 6.07) is 4.02. The molecule has 2 aromatic heterocycles. The molecule has 0 bridgehead atoms. The Morgan fingerprint density at radius 1 is 1.38 bits per heavy atom. The van der Waals surface area contributed by atoms with Gasteiger partial charge in [0.25, 0.3) is 5.56 Å². The molecule has 6 heteroatoms. The van der Waals surface area contributed by atoms with Gasteiger partial charge in [0.05, 0.1) is 6.20 Å². The van der Waals surface area contributed by atoms with Gasteiger partial charge < -0.3 is 11.1 Å². The molecule has 0 aliphatic heterocycles. The van der Waals surface area contributed by atoms with E-state index in [-0.39, 0.29) is 11.2 Å². The first kappa shape index (κ1) is 25.0. The van der Waals surface area contributed by atoms with Gasteiger partial charge in [0.2, 0.25) is 0 Å². The Bertz CT molecular complexity index is 985. The lowest BCUT2D eigenvalue weighted by Gasteiger charge is -2.25. The number of nitrogens with zero attached hydrogens (tertiary/aromatic N) is 3. The molecule has 2 aromatic rings. The normalized spacial score (nSPS) is 14.2. The number of nitrogens with one attached hydrogen (secondary N) is 1. The maximum atomic E-state index is 11.8.